The first-order valence-electron chi connectivity index (χ1n) is 9.38. The molecular weight excluding hydrogens is 404 g/mol. The van der Waals surface area contributed by atoms with Crippen LogP contribution < -0.4 is 14.8 Å². The molecule has 0 unspecified atom stereocenters. The lowest BCUT2D eigenvalue weighted by Crippen LogP contribution is -2.27. The van der Waals surface area contributed by atoms with Gasteiger partial charge in [0.05, 0.1) is 23.9 Å². The molecule has 0 saturated heterocycles. The number of rotatable bonds is 7. The number of hydrogen-bond donors (Lipinski definition) is 1. The summed E-state index contributed by atoms with van der Waals surface area (Å²) in [5.74, 6) is 2.28. The lowest BCUT2D eigenvalue weighted by molar-refractivity contribution is -0.123. The van der Waals surface area contributed by atoms with Crippen molar-refractivity contribution in [2.24, 2.45) is 5.41 Å². The molecule has 0 spiro atoms. The zero-order chi connectivity index (χ0) is 21.0. The van der Waals surface area contributed by atoms with Gasteiger partial charge in [-0.15, -0.1) is 11.3 Å². The van der Waals surface area contributed by atoms with Gasteiger partial charge in [0, 0.05) is 16.9 Å². The molecule has 5 nitrogen and oxygen atoms in total. The van der Waals surface area contributed by atoms with E-state index in [1.807, 2.05) is 64.1 Å². The Morgan fingerprint density at radius 1 is 1.17 bits per heavy atom. The second kappa shape index (κ2) is 9.05. The first-order chi connectivity index (χ1) is 13.8. The van der Waals surface area contributed by atoms with Crippen molar-refractivity contribution < 1.29 is 14.3 Å². The average Bonchev–Trinajstić information content (AvgIpc) is 3.07. The van der Waals surface area contributed by atoms with Crippen LogP contribution in [0.5, 0.6) is 11.5 Å². The number of aromatic nitrogens is 1. The summed E-state index contributed by atoms with van der Waals surface area (Å²) in [7, 11) is 1.65. The largest absolute Gasteiger partial charge is 0.493 e. The smallest absolute Gasteiger partial charge is 0.229 e. The summed E-state index contributed by atoms with van der Waals surface area (Å²) >= 11 is 3.28. The zero-order valence-corrected chi connectivity index (χ0v) is 19.0. The number of thiazole rings is 1. The zero-order valence-electron chi connectivity index (χ0n) is 17.4. The van der Waals surface area contributed by atoms with Gasteiger partial charge in [0.1, 0.15) is 0 Å². The van der Waals surface area contributed by atoms with Gasteiger partial charge in [-0.25, -0.2) is 4.98 Å². The molecule has 0 saturated carbocycles. The van der Waals surface area contributed by atoms with Crippen molar-refractivity contribution in [3.05, 3.63) is 42.0 Å². The number of carbonyl (C=O) groups is 1. The van der Waals surface area contributed by atoms with E-state index in [-0.39, 0.29) is 5.91 Å². The number of ether oxygens (including phenoxy) is 2. The first kappa shape index (κ1) is 21.5. The monoisotopic (exact) mass is 430 g/mol. The first-order valence-corrected chi connectivity index (χ1v) is 11.2. The van der Waals surface area contributed by atoms with E-state index in [1.165, 1.54) is 0 Å². The van der Waals surface area contributed by atoms with Crippen LogP contribution in [0.1, 0.15) is 26.3 Å². The molecule has 0 aliphatic carbocycles. The summed E-state index contributed by atoms with van der Waals surface area (Å²) in [5, 5.41) is 2.97. The normalized spacial score (nSPS) is 11.5. The van der Waals surface area contributed by atoms with Gasteiger partial charge in [-0.1, -0.05) is 38.6 Å². The number of benzene rings is 2. The van der Waals surface area contributed by atoms with Crippen LogP contribution in [-0.2, 0) is 4.79 Å². The van der Waals surface area contributed by atoms with Crippen LogP contribution in [0.2, 0.25) is 0 Å². The molecular formula is C22H26N2O3S2. The van der Waals surface area contributed by atoms with Gasteiger partial charge in [0.25, 0.3) is 0 Å². The second-order valence-electron chi connectivity index (χ2n) is 7.72. The molecule has 3 rings (SSSR count). The molecule has 0 aliphatic rings. The summed E-state index contributed by atoms with van der Waals surface area (Å²) in [4.78, 5) is 16.8. The number of fused-ring (bicyclic) bond motifs is 1. The lowest BCUT2D eigenvalue weighted by Gasteiger charge is -2.17. The standard InChI is InChI=1S/C22H26N2O3S2/c1-14-6-9-17(18(12-14)26-5)27-10-11-28-21-24-16-8-7-15(13-19(16)29-21)23-20(25)22(2,3)4/h6-9,12-13H,10-11H2,1-5H3,(H,23,25). The number of amides is 1. The van der Waals surface area contributed by atoms with Gasteiger partial charge < -0.3 is 14.8 Å². The predicted molar refractivity (Wildman–Crippen MR) is 122 cm³/mol. The Morgan fingerprint density at radius 3 is 2.69 bits per heavy atom. The van der Waals surface area contributed by atoms with E-state index < -0.39 is 5.41 Å². The Balaban J connectivity index is 1.58. The number of nitrogens with zero attached hydrogens (tertiary/aromatic N) is 1. The van der Waals surface area contributed by atoms with E-state index in [2.05, 4.69) is 10.3 Å². The van der Waals surface area contributed by atoms with Gasteiger partial charge in [0.2, 0.25) is 5.91 Å². The number of thioether (sulfide) groups is 1. The maximum Gasteiger partial charge on any atom is 0.229 e. The molecule has 1 N–H and O–H groups in total. The highest BCUT2D eigenvalue weighted by Crippen LogP contribution is 2.32. The molecule has 3 aromatic rings. The lowest BCUT2D eigenvalue weighted by atomic mass is 9.95. The van der Waals surface area contributed by atoms with E-state index in [4.69, 9.17) is 9.47 Å². The van der Waals surface area contributed by atoms with E-state index in [0.717, 1.165) is 43.1 Å². The maximum absolute atomic E-state index is 12.2. The summed E-state index contributed by atoms with van der Waals surface area (Å²) in [6.45, 7) is 8.28. The van der Waals surface area contributed by atoms with Crippen LogP contribution >= 0.6 is 23.1 Å². The minimum atomic E-state index is -0.427. The third kappa shape index (κ3) is 5.64. The van der Waals surface area contributed by atoms with E-state index in [1.54, 1.807) is 30.2 Å². The fourth-order valence-corrected chi connectivity index (χ4v) is 4.53. The fraction of sp³-hybridized carbons (Fsp3) is 0.364. The van der Waals surface area contributed by atoms with Gasteiger partial charge >= 0.3 is 0 Å². The van der Waals surface area contributed by atoms with Crippen LogP contribution in [-0.4, -0.2) is 30.4 Å². The molecule has 1 heterocycles. The van der Waals surface area contributed by atoms with Crippen molar-refractivity contribution >= 4 is 44.9 Å². The predicted octanol–water partition coefficient (Wildman–Crippen LogP) is 5.77. The molecule has 1 aromatic heterocycles. The van der Waals surface area contributed by atoms with Crippen molar-refractivity contribution in [1.82, 2.24) is 4.98 Å². The molecule has 154 valence electrons. The molecule has 0 atom stereocenters. The molecule has 0 aliphatic heterocycles. The number of aryl methyl sites for hydroxylation is 1. The number of nitrogens with one attached hydrogen (secondary N) is 1. The van der Waals surface area contributed by atoms with Crippen LogP contribution in [0.3, 0.4) is 0 Å². The van der Waals surface area contributed by atoms with Crippen molar-refractivity contribution in [2.75, 3.05) is 24.8 Å². The SMILES string of the molecule is COc1cc(C)ccc1OCCSc1nc2ccc(NC(=O)C(C)(C)C)cc2s1. The molecule has 0 fully saturated rings. The van der Waals surface area contributed by atoms with Crippen LogP contribution in [0.25, 0.3) is 10.2 Å². The number of hydrogen-bond acceptors (Lipinski definition) is 6. The fourth-order valence-electron chi connectivity index (χ4n) is 2.54. The average molecular weight is 431 g/mol. The Bertz CT molecular complexity index is 1010. The van der Waals surface area contributed by atoms with E-state index >= 15 is 0 Å². The van der Waals surface area contributed by atoms with Gasteiger partial charge in [0.15, 0.2) is 15.8 Å². The Morgan fingerprint density at radius 2 is 1.97 bits per heavy atom. The summed E-state index contributed by atoms with van der Waals surface area (Å²) < 4.78 is 13.3. The highest BCUT2D eigenvalue weighted by atomic mass is 32.2. The van der Waals surface area contributed by atoms with E-state index in [9.17, 15) is 4.79 Å². The number of anilines is 1. The van der Waals surface area contributed by atoms with E-state index in [0.29, 0.717) is 6.61 Å². The number of carbonyl (C=O) groups excluding carboxylic acids is 1. The topological polar surface area (TPSA) is 60.5 Å². The van der Waals surface area contributed by atoms with Crippen molar-refractivity contribution in [1.29, 1.82) is 0 Å². The Labute approximate surface area is 179 Å². The van der Waals surface area contributed by atoms with Gasteiger partial charge in [-0.3, -0.25) is 4.79 Å². The third-order valence-electron chi connectivity index (χ3n) is 4.19. The van der Waals surface area contributed by atoms with Crippen molar-refractivity contribution in [3.63, 3.8) is 0 Å². The summed E-state index contributed by atoms with van der Waals surface area (Å²) in [6.07, 6.45) is 0. The van der Waals surface area contributed by atoms with Crippen molar-refractivity contribution in [2.45, 2.75) is 32.0 Å². The van der Waals surface area contributed by atoms with Crippen molar-refractivity contribution in [3.8, 4) is 11.5 Å². The minimum Gasteiger partial charge on any atom is -0.493 e. The van der Waals surface area contributed by atoms with Crippen LogP contribution in [0.4, 0.5) is 5.69 Å². The summed E-state index contributed by atoms with van der Waals surface area (Å²) in [6, 6.07) is 11.7. The van der Waals surface area contributed by atoms with Gasteiger partial charge in [-0.2, -0.15) is 0 Å². The minimum absolute atomic E-state index is 0.000327. The molecule has 29 heavy (non-hydrogen) atoms. The summed E-state index contributed by atoms with van der Waals surface area (Å²) in [5.41, 5.74) is 2.44. The molecule has 7 heteroatoms. The van der Waals surface area contributed by atoms with Crippen LogP contribution in [0, 0.1) is 12.3 Å². The van der Waals surface area contributed by atoms with Gasteiger partial charge in [-0.05, 0) is 42.8 Å². The highest BCUT2D eigenvalue weighted by molar-refractivity contribution is 8.01. The molecule has 2 aromatic carbocycles. The Hall–Kier alpha value is -2.25. The second-order valence-corrected chi connectivity index (χ2v) is 10.1. The number of methoxy groups -OCH3 is 1. The third-order valence-corrected chi connectivity index (χ3v) is 6.32. The molecule has 0 bridgehead atoms. The quantitative estimate of drug-likeness (QED) is 0.381. The molecule has 0 radical (unpaired) electrons. The highest BCUT2D eigenvalue weighted by Gasteiger charge is 2.21. The molecule has 1 amide bonds. The van der Waals surface area contributed by atoms with Crippen LogP contribution in [0.15, 0.2) is 40.7 Å². The Kier molecular flexibility index (Phi) is 6.70. The maximum atomic E-state index is 12.2.